The van der Waals surface area contributed by atoms with Gasteiger partial charge in [0, 0.05) is 5.56 Å². The first-order valence-corrected chi connectivity index (χ1v) is 11.0. The average Bonchev–Trinajstić information content (AvgIpc) is 3.56. The molecule has 2 heterocycles. The van der Waals surface area contributed by atoms with E-state index in [4.69, 9.17) is 30.4 Å². The van der Waals surface area contributed by atoms with Crippen molar-refractivity contribution in [3.05, 3.63) is 65.0 Å². The molecule has 1 aliphatic carbocycles. The van der Waals surface area contributed by atoms with E-state index in [9.17, 15) is 0 Å². The molecule has 32 heavy (non-hydrogen) atoms. The molecular weight excluding hydrogens is 430 g/mol. The number of aromatic nitrogens is 2. The van der Waals surface area contributed by atoms with Crippen molar-refractivity contribution in [1.29, 1.82) is 0 Å². The molecule has 166 valence electrons. The minimum absolute atomic E-state index is 0.230. The normalized spacial score (nSPS) is 20.8. The van der Waals surface area contributed by atoms with Crippen molar-refractivity contribution < 1.29 is 18.8 Å². The first-order valence-electron chi connectivity index (χ1n) is 10.7. The smallest absolute Gasteiger partial charge is 0.259 e. The Labute approximate surface area is 191 Å². The molecule has 0 radical (unpaired) electrons. The van der Waals surface area contributed by atoms with Crippen LogP contribution in [0.5, 0.6) is 11.5 Å². The van der Waals surface area contributed by atoms with Gasteiger partial charge in [0.15, 0.2) is 17.1 Å². The predicted octanol–water partition coefficient (Wildman–Crippen LogP) is 5.51. The maximum Gasteiger partial charge on any atom is 0.259 e. The van der Waals surface area contributed by atoms with Crippen LogP contribution in [0.1, 0.15) is 44.0 Å². The van der Waals surface area contributed by atoms with Gasteiger partial charge in [-0.3, -0.25) is 10.3 Å². The molecule has 1 aliphatic heterocycles. The molecule has 5 rings (SSSR count). The van der Waals surface area contributed by atoms with Crippen LogP contribution < -0.4 is 15.0 Å². The van der Waals surface area contributed by atoms with E-state index in [2.05, 4.69) is 15.6 Å². The van der Waals surface area contributed by atoms with Crippen LogP contribution >= 0.6 is 11.6 Å². The molecule has 8 heteroatoms. The van der Waals surface area contributed by atoms with Crippen LogP contribution in [0, 0.1) is 0 Å². The summed E-state index contributed by atoms with van der Waals surface area (Å²) in [6.45, 7) is 1.87. The Hall–Kier alpha value is -3.03. The maximum atomic E-state index is 6.26. The molecular formula is C24H24ClN3O4. The lowest BCUT2D eigenvalue weighted by Crippen LogP contribution is -2.24. The van der Waals surface area contributed by atoms with Gasteiger partial charge in [-0.1, -0.05) is 28.9 Å². The number of hydroxylamine groups is 1. The summed E-state index contributed by atoms with van der Waals surface area (Å²) in [6, 6.07) is 13.2. The second-order valence-corrected chi connectivity index (χ2v) is 8.57. The average molecular weight is 454 g/mol. The van der Waals surface area contributed by atoms with Crippen molar-refractivity contribution in [2.75, 3.05) is 7.11 Å². The molecule has 2 aromatic carbocycles. The summed E-state index contributed by atoms with van der Waals surface area (Å²) in [5.74, 6) is 2.18. The van der Waals surface area contributed by atoms with Gasteiger partial charge in [-0.2, -0.15) is 4.98 Å². The van der Waals surface area contributed by atoms with Crippen molar-refractivity contribution in [3.8, 4) is 23.0 Å². The quantitative estimate of drug-likeness (QED) is 0.527. The summed E-state index contributed by atoms with van der Waals surface area (Å²) in [4.78, 5) is 10.4. The van der Waals surface area contributed by atoms with E-state index >= 15 is 0 Å². The number of nitrogens with one attached hydrogen (secondary N) is 1. The first-order chi connectivity index (χ1) is 15.6. The molecule has 0 spiro atoms. The zero-order valence-corrected chi connectivity index (χ0v) is 18.7. The van der Waals surface area contributed by atoms with Crippen LogP contribution in [0.3, 0.4) is 0 Å². The minimum atomic E-state index is -0.912. The van der Waals surface area contributed by atoms with Gasteiger partial charge < -0.3 is 14.0 Å². The standard InChI is InChI=1S/C24H24ClN3O4/c1-24(23-26-22(31-28-23)17-9-5-6-10-18(17)25)14-19(27-32-24)15-11-12-20(29-2)21(13-15)30-16-7-3-4-8-16/h5-6,9-14,16,27H,3-4,7-8H2,1-2H3. The van der Waals surface area contributed by atoms with E-state index in [1.807, 2.05) is 49.4 Å². The van der Waals surface area contributed by atoms with Crippen LogP contribution in [0.15, 0.2) is 53.1 Å². The largest absolute Gasteiger partial charge is 0.493 e. The topological polar surface area (TPSA) is 78.6 Å². The van der Waals surface area contributed by atoms with Crippen molar-refractivity contribution in [2.45, 2.75) is 44.3 Å². The van der Waals surface area contributed by atoms with Crippen LogP contribution in [0.2, 0.25) is 5.02 Å². The monoisotopic (exact) mass is 453 g/mol. The molecule has 1 aromatic heterocycles. The molecule has 1 atom stereocenters. The maximum absolute atomic E-state index is 6.26. The number of ether oxygens (including phenoxy) is 2. The summed E-state index contributed by atoms with van der Waals surface area (Å²) < 4.78 is 17.2. The van der Waals surface area contributed by atoms with Gasteiger partial charge in [0.05, 0.1) is 29.5 Å². The number of hydrogen-bond donors (Lipinski definition) is 1. The van der Waals surface area contributed by atoms with Crippen LogP contribution in [-0.2, 0) is 10.4 Å². The highest BCUT2D eigenvalue weighted by Crippen LogP contribution is 2.38. The van der Waals surface area contributed by atoms with Crippen molar-refractivity contribution >= 4 is 17.3 Å². The molecule has 1 saturated carbocycles. The molecule has 0 amide bonds. The summed E-state index contributed by atoms with van der Waals surface area (Å²) >= 11 is 6.26. The lowest BCUT2D eigenvalue weighted by molar-refractivity contribution is -0.0319. The molecule has 3 aromatic rings. The number of benzene rings is 2. The van der Waals surface area contributed by atoms with Gasteiger partial charge in [0.2, 0.25) is 5.82 Å². The van der Waals surface area contributed by atoms with E-state index in [0.717, 1.165) is 29.9 Å². The van der Waals surface area contributed by atoms with E-state index in [0.29, 0.717) is 28.1 Å². The Kier molecular flexibility index (Phi) is 5.53. The van der Waals surface area contributed by atoms with E-state index in [-0.39, 0.29) is 6.10 Å². The Morgan fingerprint density at radius 2 is 1.94 bits per heavy atom. The zero-order chi connectivity index (χ0) is 22.1. The summed E-state index contributed by atoms with van der Waals surface area (Å²) in [5, 5.41) is 4.67. The molecule has 1 fully saturated rings. The van der Waals surface area contributed by atoms with Gasteiger partial charge in [-0.25, -0.2) is 0 Å². The Bertz CT molecular complexity index is 1160. The first kappa shape index (κ1) is 20.8. The van der Waals surface area contributed by atoms with Gasteiger partial charge in [0.1, 0.15) is 0 Å². The number of nitrogens with zero attached hydrogens (tertiary/aromatic N) is 2. The lowest BCUT2D eigenvalue weighted by atomic mass is 10.0. The lowest BCUT2D eigenvalue weighted by Gasteiger charge is -2.17. The van der Waals surface area contributed by atoms with Gasteiger partial charge in [-0.05, 0) is 69.0 Å². The number of rotatable bonds is 6. The Balaban J connectivity index is 1.42. The Morgan fingerprint density at radius 1 is 1.12 bits per heavy atom. The predicted molar refractivity (Wildman–Crippen MR) is 120 cm³/mol. The summed E-state index contributed by atoms with van der Waals surface area (Å²) in [6.07, 6.45) is 6.70. The fourth-order valence-electron chi connectivity index (χ4n) is 4.04. The molecule has 1 unspecified atom stereocenters. The van der Waals surface area contributed by atoms with Crippen LogP contribution in [0.4, 0.5) is 0 Å². The molecule has 0 bridgehead atoms. The highest BCUT2D eigenvalue weighted by molar-refractivity contribution is 6.33. The SMILES string of the molecule is COc1ccc(C2=CC(C)(c3noc(-c4ccccc4Cl)n3)ON2)cc1OC1CCCC1. The van der Waals surface area contributed by atoms with E-state index < -0.39 is 5.60 Å². The number of halogens is 1. The fraction of sp³-hybridized carbons (Fsp3) is 0.333. The molecule has 1 N–H and O–H groups in total. The second kappa shape index (κ2) is 8.48. The second-order valence-electron chi connectivity index (χ2n) is 8.16. The van der Waals surface area contributed by atoms with Crippen molar-refractivity contribution in [2.24, 2.45) is 0 Å². The van der Waals surface area contributed by atoms with Crippen LogP contribution in [-0.4, -0.2) is 23.4 Å². The van der Waals surface area contributed by atoms with Gasteiger partial charge in [0.25, 0.3) is 5.89 Å². The minimum Gasteiger partial charge on any atom is -0.493 e. The molecule has 0 saturated heterocycles. The summed E-state index contributed by atoms with van der Waals surface area (Å²) in [7, 11) is 1.65. The molecule has 7 nitrogen and oxygen atoms in total. The van der Waals surface area contributed by atoms with Crippen molar-refractivity contribution in [1.82, 2.24) is 15.6 Å². The number of hydrogen-bond acceptors (Lipinski definition) is 7. The van der Waals surface area contributed by atoms with Gasteiger partial charge in [-0.15, -0.1) is 0 Å². The van der Waals surface area contributed by atoms with E-state index in [1.54, 1.807) is 13.2 Å². The molecule has 2 aliphatic rings. The zero-order valence-electron chi connectivity index (χ0n) is 17.9. The van der Waals surface area contributed by atoms with Crippen LogP contribution in [0.25, 0.3) is 17.2 Å². The van der Waals surface area contributed by atoms with Gasteiger partial charge >= 0.3 is 0 Å². The highest BCUT2D eigenvalue weighted by atomic mass is 35.5. The third-order valence-corrected chi connectivity index (χ3v) is 6.17. The third-order valence-electron chi connectivity index (χ3n) is 5.84. The highest BCUT2D eigenvalue weighted by Gasteiger charge is 2.37. The van der Waals surface area contributed by atoms with Crippen molar-refractivity contribution in [3.63, 3.8) is 0 Å². The third kappa shape index (κ3) is 3.94. The van der Waals surface area contributed by atoms with E-state index in [1.165, 1.54) is 12.8 Å². The Morgan fingerprint density at radius 3 is 2.72 bits per heavy atom. The summed E-state index contributed by atoms with van der Waals surface area (Å²) in [5.41, 5.74) is 4.46. The fourth-order valence-corrected chi connectivity index (χ4v) is 4.26. The number of methoxy groups -OCH3 is 1.